The van der Waals surface area contributed by atoms with Gasteiger partial charge in [0.25, 0.3) is 0 Å². The fraction of sp³-hybridized carbons (Fsp3) is 0.273. The van der Waals surface area contributed by atoms with Gasteiger partial charge in [0, 0.05) is 12.0 Å². The van der Waals surface area contributed by atoms with Gasteiger partial charge in [-0.1, -0.05) is 24.3 Å². The number of rotatable bonds is 0. The molecule has 1 aliphatic heterocycles. The van der Waals surface area contributed by atoms with Crippen molar-refractivity contribution in [1.82, 2.24) is 0 Å². The molecule has 14 heavy (non-hydrogen) atoms. The van der Waals surface area contributed by atoms with E-state index in [-0.39, 0.29) is 6.03 Å². The smallest absolute Gasteiger partial charge is 0.251 e. The summed E-state index contributed by atoms with van der Waals surface area (Å²) in [5, 5.41) is 0. The van der Waals surface area contributed by atoms with Crippen molar-refractivity contribution < 1.29 is 9.37 Å². The molecule has 0 unspecified atom stereocenters. The van der Waals surface area contributed by atoms with E-state index in [1.165, 1.54) is 5.56 Å². The average molecular weight is 189 g/mol. The molecule has 1 aromatic rings. The van der Waals surface area contributed by atoms with E-state index in [4.69, 9.17) is 5.73 Å². The predicted molar refractivity (Wildman–Crippen MR) is 54.6 cm³/mol. The minimum Gasteiger partial charge on any atom is -0.251 e. The first-order valence-corrected chi connectivity index (χ1v) is 4.69. The second-order valence-corrected chi connectivity index (χ2v) is 3.48. The molecule has 2 N–H and O–H groups in total. The van der Waals surface area contributed by atoms with E-state index < -0.39 is 0 Å². The number of hydrogen-bond donors (Lipinski definition) is 1. The predicted octanol–water partition coefficient (Wildman–Crippen LogP) is 1.14. The highest BCUT2D eigenvalue weighted by molar-refractivity contribution is 5.99. The van der Waals surface area contributed by atoms with Gasteiger partial charge in [-0.25, -0.2) is 0 Å². The highest BCUT2D eigenvalue weighted by Crippen LogP contribution is 2.15. The largest absolute Gasteiger partial charge is 0.489 e. The Hall–Kier alpha value is -1.64. The van der Waals surface area contributed by atoms with Crippen LogP contribution in [0.3, 0.4) is 0 Å². The van der Waals surface area contributed by atoms with Crippen molar-refractivity contribution in [3.8, 4) is 0 Å². The molecule has 0 atom stereocenters. The summed E-state index contributed by atoms with van der Waals surface area (Å²) < 4.78 is 1.63. The first kappa shape index (κ1) is 8.94. The van der Waals surface area contributed by atoms with E-state index in [0.717, 1.165) is 17.7 Å². The lowest BCUT2D eigenvalue weighted by Gasteiger charge is -2.16. The molecule has 0 radical (unpaired) electrons. The summed E-state index contributed by atoms with van der Waals surface area (Å²) in [6.07, 6.45) is 0.885. The average Bonchev–Trinajstić information content (AvgIpc) is 2.18. The lowest BCUT2D eigenvalue weighted by Crippen LogP contribution is -2.36. The van der Waals surface area contributed by atoms with E-state index in [1.54, 1.807) is 4.58 Å². The molecule has 0 bridgehead atoms. The zero-order valence-corrected chi connectivity index (χ0v) is 8.16. The lowest BCUT2D eigenvalue weighted by molar-refractivity contribution is -0.427. The number of carbonyl (C=O) groups excluding carboxylic acids is 1. The summed E-state index contributed by atoms with van der Waals surface area (Å²) in [5.41, 5.74) is 8.67. The van der Waals surface area contributed by atoms with Crippen molar-refractivity contribution in [2.45, 2.75) is 13.3 Å². The number of urea groups is 1. The third-order valence-corrected chi connectivity index (χ3v) is 2.68. The zero-order chi connectivity index (χ0) is 10.1. The van der Waals surface area contributed by atoms with Crippen LogP contribution in [0.25, 0.3) is 0 Å². The van der Waals surface area contributed by atoms with E-state index in [0.29, 0.717) is 6.54 Å². The van der Waals surface area contributed by atoms with Crippen LogP contribution in [-0.4, -0.2) is 22.9 Å². The van der Waals surface area contributed by atoms with Gasteiger partial charge in [-0.2, -0.15) is 9.37 Å². The van der Waals surface area contributed by atoms with Crippen molar-refractivity contribution in [2.75, 3.05) is 6.54 Å². The number of nitrogens with zero attached hydrogens (tertiary/aromatic N) is 1. The van der Waals surface area contributed by atoms with Gasteiger partial charge in [0.15, 0.2) is 0 Å². The monoisotopic (exact) mass is 189 g/mol. The molecular weight excluding hydrogens is 176 g/mol. The quantitative estimate of drug-likeness (QED) is 0.611. The SMILES string of the molecule is CC1=[N+](C(N)=O)CCc2ccccc21. The summed E-state index contributed by atoms with van der Waals surface area (Å²) in [4.78, 5) is 11.1. The van der Waals surface area contributed by atoms with Crippen molar-refractivity contribution in [3.05, 3.63) is 35.4 Å². The molecule has 0 fully saturated rings. The first-order valence-electron chi connectivity index (χ1n) is 4.69. The Morgan fingerprint density at radius 3 is 2.86 bits per heavy atom. The van der Waals surface area contributed by atoms with Crippen LogP contribution in [0.5, 0.6) is 0 Å². The fourth-order valence-corrected chi connectivity index (χ4v) is 1.91. The Labute approximate surface area is 82.9 Å². The normalized spacial score (nSPS) is 15.2. The van der Waals surface area contributed by atoms with E-state index in [2.05, 4.69) is 6.07 Å². The molecule has 2 rings (SSSR count). The number of amides is 2. The molecule has 0 spiro atoms. The van der Waals surface area contributed by atoms with Gasteiger partial charge >= 0.3 is 6.03 Å². The van der Waals surface area contributed by atoms with Gasteiger partial charge < -0.3 is 0 Å². The summed E-state index contributed by atoms with van der Waals surface area (Å²) in [5.74, 6) is 0. The van der Waals surface area contributed by atoms with Gasteiger partial charge in [0.05, 0.1) is 6.54 Å². The Morgan fingerprint density at radius 2 is 2.14 bits per heavy atom. The molecule has 72 valence electrons. The van der Waals surface area contributed by atoms with Gasteiger partial charge in [-0.05, 0) is 12.5 Å². The van der Waals surface area contributed by atoms with Crippen molar-refractivity contribution in [2.24, 2.45) is 5.73 Å². The van der Waals surface area contributed by atoms with Crippen molar-refractivity contribution in [1.29, 1.82) is 0 Å². The minimum atomic E-state index is -0.364. The molecule has 0 aliphatic carbocycles. The summed E-state index contributed by atoms with van der Waals surface area (Å²) >= 11 is 0. The van der Waals surface area contributed by atoms with Gasteiger partial charge in [-0.3, -0.25) is 5.73 Å². The van der Waals surface area contributed by atoms with E-state index in [9.17, 15) is 4.79 Å². The third kappa shape index (κ3) is 1.31. The number of carbonyl (C=O) groups is 1. The van der Waals surface area contributed by atoms with Crippen LogP contribution in [0.15, 0.2) is 24.3 Å². The molecular formula is C11H13N2O+. The number of nitrogens with two attached hydrogens (primary N) is 1. The summed E-state index contributed by atoms with van der Waals surface area (Å²) in [7, 11) is 0. The van der Waals surface area contributed by atoms with Crippen LogP contribution in [0.2, 0.25) is 0 Å². The second-order valence-electron chi connectivity index (χ2n) is 3.48. The van der Waals surface area contributed by atoms with E-state index >= 15 is 0 Å². The molecule has 2 amide bonds. The number of hydrogen-bond acceptors (Lipinski definition) is 1. The molecule has 0 saturated heterocycles. The topological polar surface area (TPSA) is 46.1 Å². The van der Waals surface area contributed by atoms with Gasteiger partial charge in [0.1, 0.15) is 5.71 Å². The Kier molecular flexibility index (Phi) is 2.08. The molecule has 1 aromatic carbocycles. The van der Waals surface area contributed by atoms with Crippen LogP contribution in [0, 0.1) is 0 Å². The molecule has 1 aliphatic rings. The van der Waals surface area contributed by atoms with Crippen molar-refractivity contribution >= 4 is 11.7 Å². The Morgan fingerprint density at radius 1 is 1.43 bits per heavy atom. The molecule has 0 aromatic heterocycles. The molecule has 1 heterocycles. The van der Waals surface area contributed by atoms with Crippen LogP contribution in [-0.2, 0) is 6.42 Å². The van der Waals surface area contributed by atoms with Crippen LogP contribution >= 0.6 is 0 Å². The number of fused-ring (bicyclic) bond motifs is 1. The van der Waals surface area contributed by atoms with E-state index in [1.807, 2.05) is 25.1 Å². The highest BCUT2D eigenvalue weighted by Gasteiger charge is 2.22. The summed E-state index contributed by atoms with van der Waals surface area (Å²) in [6.45, 7) is 2.63. The molecule has 3 nitrogen and oxygen atoms in total. The fourth-order valence-electron chi connectivity index (χ4n) is 1.91. The standard InChI is InChI=1S/C11H12N2O/c1-8-10-5-3-2-4-9(10)6-7-13(8)11(12)14/h2-5H,6-7H2,1H3,(H-,12,14)/p+1. The zero-order valence-electron chi connectivity index (χ0n) is 8.16. The van der Waals surface area contributed by atoms with Crippen LogP contribution in [0.4, 0.5) is 4.79 Å². The Bertz CT molecular complexity index is 421. The van der Waals surface area contributed by atoms with Gasteiger partial charge in [-0.15, -0.1) is 0 Å². The lowest BCUT2D eigenvalue weighted by atomic mass is 9.98. The maximum Gasteiger partial charge on any atom is 0.489 e. The molecule has 0 saturated carbocycles. The Balaban J connectivity index is 2.56. The molecule has 3 heteroatoms. The second kappa shape index (κ2) is 3.25. The first-order chi connectivity index (χ1) is 6.70. The minimum absolute atomic E-state index is 0.364. The van der Waals surface area contributed by atoms with Gasteiger partial charge in [0.2, 0.25) is 0 Å². The maximum atomic E-state index is 11.1. The van der Waals surface area contributed by atoms with Crippen LogP contribution in [0.1, 0.15) is 18.1 Å². The van der Waals surface area contributed by atoms with Crippen LogP contribution < -0.4 is 5.73 Å². The maximum absolute atomic E-state index is 11.1. The number of benzene rings is 1. The summed E-state index contributed by atoms with van der Waals surface area (Å²) in [6, 6.07) is 7.76. The highest BCUT2D eigenvalue weighted by atomic mass is 16.2. The number of primary amides is 1. The third-order valence-electron chi connectivity index (χ3n) is 2.68. The van der Waals surface area contributed by atoms with Crippen molar-refractivity contribution in [3.63, 3.8) is 0 Å².